The maximum absolute atomic E-state index is 13.4. The van der Waals surface area contributed by atoms with Gasteiger partial charge in [-0.15, -0.1) is 10.2 Å². The molecule has 5 nitrogen and oxygen atoms in total. The first-order valence-corrected chi connectivity index (χ1v) is 9.61. The highest BCUT2D eigenvalue weighted by Crippen LogP contribution is 2.54. The summed E-state index contributed by atoms with van der Waals surface area (Å²) in [6, 6.07) is 2.09. The number of hydrogen-bond donors (Lipinski definition) is 2. The highest BCUT2D eigenvalue weighted by molar-refractivity contribution is 8.00. The number of aromatic nitrogens is 2. The predicted molar refractivity (Wildman–Crippen MR) is 92.9 cm³/mol. The summed E-state index contributed by atoms with van der Waals surface area (Å²) in [6.07, 6.45) is 0. The molecule has 0 saturated heterocycles. The molecule has 0 radical (unpaired) electrons. The number of nitrogens with one attached hydrogen (secondary N) is 1. The molecule has 0 unspecified atom stereocenters. The van der Waals surface area contributed by atoms with E-state index in [-0.39, 0.29) is 5.69 Å². The third-order valence-corrected chi connectivity index (χ3v) is 6.12. The minimum absolute atomic E-state index is 0.347. The lowest BCUT2D eigenvalue weighted by molar-refractivity contribution is 0.102. The molecular formula is C11H4F5N3O2S5. The minimum atomic E-state index is -1.02. The largest absolute Gasteiger partial charge is 0.492 e. The van der Waals surface area contributed by atoms with Crippen LogP contribution >= 0.6 is 60.7 Å². The molecule has 1 aromatic heterocycles. The van der Waals surface area contributed by atoms with Gasteiger partial charge in [-0.25, -0.2) is 0 Å². The Balaban J connectivity index is 2.62. The van der Waals surface area contributed by atoms with Crippen LogP contribution in [0.25, 0.3) is 0 Å². The molecule has 2 N–H and O–H groups in total. The van der Waals surface area contributed by atoms with E-state index in [0.717, 1.165) is 12.1 Å². The van der Waals surface area contributed by atoms with Crippen LogP contribution in [0, 0.1) is 0 Å². The third-order valence-electron chi connectivity index (χ3n) is 2.79. The summed E-state index contributed by atoms with van der Waals surface area (Å²) >= 11 is -2.92. The number of nitrogens with zero attached hydrogens (tertiary/aromatic N) is 2. The molecule has 26 heavy (non-hydrogen) atoms. The average molecular weight is 465 g/mol. The van der Waals surface area contributed by atoms with Crippen molar-refractivity contribution in [2.24, 2.45) is 0 Å². The maximum atomic E-state index is 13.4. The van der Waals surface area contributed by atoms with Gasteiger partial charge in [0.2, 0.25) is 5.88 Å². The van der Waals surface area contributed by atoms with Crippen LogP contribution in [0.4, 0.5) is 25.1 Å². The molecule has 2 rings (SSSR count). The Labute approximate surface area is 165 Å². The van der Waals surface area contributed by atoms with Gasteiger partial charge in [-0.3, -0.25) is 4.79 Å². The third kappa shape index (κ3) is 4.27. The second kappa shape index (κ2) is 9.77. The molecule has 0 aliphatic rings. The molecule has 0 fully saturated rings. The lowest BCUT2D eigenvalue weighted by Crippen LogP contribution is -2.16. The van der Waals surface area contributed by atoms with Gasteiger partial charge in [-0.2, -0.15) is 19.4 Å². The second-order valence-electron chi connectivity index (χ2n) is 4.14. The van der Waals surface area contributed by atoms with E-state index >= 15 is 0 Å². The molecule has 1 heterocycles. The molecule has 1 amide bonds. The molecule has 15 heteroatoms. The maximum Gasteiger partial charge on any atom is 0.276 e. The summed E-state index contributed by atoms with van der Waals surface area (Å²) in [5.41, 5.74) is -0.941. The van der Waals surface area contributed by atoms with Crippen LogP contribution < -0.4 is 5.32 Å². The van der Waals surface area contributed by atoms with Crippen molar-refractivity contribution in [3.63, 3.8) is 0 Å². The lowest BCUT2D eigenvalue weighted by Gasteiger charge is -2.17. The van der Waals surface area contributed by atoms with Crippen molar-refractivity contribution in [1.82, 2.24) is 10.2 Å². The van der Waals surface area contributed by atoms with Crippen molar-refractivity contribution in [3.8, 4) is 5.88 Å². The Kier molecular flexibility index (Phi) is 8.00. The summed E-state index contributed by atoms with van der Waals surface area (Å²) in [5.74, 6) is -1.49. The Hall–Kier alpha value is -1.03. The number of anilines is 1. The van der Waals surface area contributed by atoms with Gasteiger partial charge in [0, 0.05) is 6.07 Å². The Morgan fingerprint density at radius 1 is 0.808 bits per heavy atom. The van der Waals surface area contributed by atoms with Gasteiger partial charge >= 0.3 is 0 Å². The summed E-state index contributed by atoms with van der Waals surface area (Å²) in [6.45, 7) is 0. The van der Waals surface area contributed by atoms with Crippen LogP contribution in [0.3, 0.4) is 0 Å². The van der Waals surface area contributed by atoms with Crippen molar-refractivity contribution in [3.05, 3.63) is 17.8 Å². The first kappa shape index (κ1) is 21.3. The predicted octanol–water partition coefficient (Wildman–Crippen LogP) is 6.32. The van der Waals surface area contributed by atoms with Gasteiger partial charge in [0.1, 0.15) is 0 Å². The molecule has 140 valence electrons. The highest BCUT2D eigenvalue weighted by atomic mass is 32.2. The fourth-order valence-electron chi connectivity index (χ4n) is 1.73. The molecule has 0 spiro atoms. The number of amides is 1. The van der Waals surface area contributed by atoms with Crippen molar-refractivity contribution >= 4 is 72.3 Å². The minimum Gasteiger partial charge on any atom is -0.492 e. The quantitative estimate of drug-likeness (QED) is 0.457. The Morgan fingerprint density at radius 3 is 1.65 bits per heavy atom. The zero-order chi connectivity index (χ0) is 19.3. The van der Waals surface area contributed by atoms with Crippen LogP contribution in [0.2, 0.25) is 0 Å². The first-order valence-electron chi connectivity index (χ1n) is 6.03. The fourth-order valence-corrected chi connectivity index (χ4v) is 4.59. The summed E-state index contributed by atoms with van der Waals surface area (Å²) in [5, 5.41) is 17.7. The molecule has 0 aliphatic carbocycles. The Morgan fingerprint density at radius 2 is 1.27 bits per heavy atom. The monoisotopic (exact) mass is 465 g/mol. The topological polar surface area (TPSA) is 75.1 Å². The van der Waals surface area contributed by atoms with Crippen LogP contribution in [0.15, 0.2) is 36.6 Å². The van der Waals surface area contributed by atoms with Crippen molar-refractivity contribution in [1.29, 1.82) is 0 Å². The van der Waals surface area contributed by atoms with E-state index in [1.807, 2.05) is 0 Å². The lowest BCUT2D eigenvalue weighted by atomic mass is 10.3. The molecule has 1 aromatic carbocycles. The molecular weight excluding hydrogens is 461 g/mol. The van der Waals surface area contributed by atoms with E-state index in [2.05, 4.69) is 15.5 Å². The zero-order valence-electron chi connectivity index (χ0n) is 11.8. The van der Waals surface area contributed by atoms with Crippen LogP contribution in [-0.2, 0) is 0 Å². The van der Waals surface area contributed by atoms with Crippen molar-refractivity contribution in [2.45, 2.75) is 24.5 Å². The van der Waals surface area contributed by atoms with Crippen LogP contribution in [-0.4, -0.2) is 21.2 Å². The smallest absolute Gasteiger partial charge is 0.276 e. The van der Waals surface area contributed by atoms with Gasteiger partial charge in [-0.05, 0) is 6.07 Å². The molecule has 0 atom stereocenters. The number of carbonyl (C=O) groups excluding carboxylic acids is 1. The molecule has 2 aromatic rings. The van der Waals surface area contributed by atoms with E-state index in [1.165, 1.54) is 0 Å². The number of hydrogen-bond acceptors (Lipinski definition) is 9. The van der Waals surface area contributed by atoms with E-state index in [4.69, 9.17) is 5.11 Å². The van der Waals surface area contributed by atoms with E-state index in [0.29, 0.717) is 0 Å². The summed E-state index contributed by atoms with van der Waals surface area (Å²) < 4.78 is 66.3. The number of rotatable bonds is 7. The summed E-state index contributed by atoms with van der Waals surface area (Å²) in [4.78, 5) is 8.92. The average Bonchev–Trinajstić information content (AvgIpc) is 2.66. The first-order chi connectivity index (χ1) is 12.5. The van der Waals surface area contributed by atoms with Gasteiger partial charge in [0.15, 0.2) is 5.69 Å². The van der Waals surface area contributed by atoms with Gasteiger partial charge in [0.25, 0.3) is 5.91 Å². The summed E-state index contributed by atoms with van der Waals surface area (Å²) in [7, 11) is 0. The zero-order valence-corrected chi connectivity index (χ0v) is 15.9. The van der Waals surface area contributed by atoms with Gasteiger partial charge < -0.3 is 10.4 Å². The van der Waals surface area contributed by atoms with Gasteiger partial charge in [0.05, 0.1) is 90.9 Å². The Bertz CT molecular complexity index is 781. The van der Waals surface area contributed by atoms with Crippen LogP contribution in [0.1, 0.15) is 10.5 Å². The highest BCUT2D eigenvalue weighted by Gasteiger charge is 2.29. The SMILES string of the molecule is O=C(Nc1c(SF)c(SF)c(SF)c(SF)c1SF)c1ccc(O)nn1. The van der Waals surface area contributed by atoms with Crippen molar-refractivity contribution in [2.75, 3.05) is 5.32 Å². The fraction of sp³-hybridized carbons (Fsp3) is 0. The normalized spacial score (nSPS) is 10.8. The standard InChI is InChI=1S/C11H4F5N3O2S5/c12-22-6-5(17-11(21)3-1-2-4(20)19-18-3)7(23-13)9(25-15)10(26-16)8(6)24-14/h1-2H,(H,17,21)(H,19,20). The second-order valence-corrected chi connectivity index (χ2v) is 6.95. The van der Waals surface area contributed by atoms with E-state index < -0.39 is 103 Å². The van der Waals surface area contributed by atoms with Crippen LogP contribution in [0.5, 0.6) is 5.88 Å². The molecule has 0 saturated carbocycles. The van der Waals surface area contributed by atoms with Gasteiger partial charge in [-0.1, -0.05) is 0 Å². The van der Waals surface area contributed by atoms with Crippen molar-refractivity contribution < 1.29 is 29.3 Å². The number of halogens is 5. The number of benzene rings is 1. The number of aromatic hydroxyl groups is 1. The van der Waals surface area contributed by atoms with E-state index in [1.54, 1.807) is 0 Å². The molecule has 0 aliphatic heterocycles. The molecule has 0 bridgehead atoms. The number of carbonyl (C=O) groups is 1. The van der Waals surface area contributed by atoms with E-state index in [9.17, 15) is 24.2 Å².